The van der Waals surface area contributed by atoms with Crippen molar-refractivity contribution >= 4 is 32.1 Å². The Bertz CT molecular complexity index is 692. The molecule has 2 N–H and O–H groups in total. The highest BCUT2D eigenvalue weighted by Crippen LogP contribution is 2.25. The average molecular weight is 332 g/mol. The number of rotatable bonds is 8. The van der Waals surface area contributed by atoms with Crippen LogP contribution in [-0.2, 0) is 14.8 Å². The number of anilines is 1. The van der Waals surface area contributed by atoms with Gasteiger partial charge in [-0.05, 0) is 13.3 Å². The summed E-state index contributed by atoms with van der Waals surface area (Å²) in [5, 5.41) is 4.96. The van der Waals surface area contributed by atoms with Gasteiger partial charge in [0.25, 0.3) is 10.0 Å². The number of nitrogens with one attached hydrogen (secondary N) is 2. The maximum Gasteiger partial charge on any atom is 0.260 e. The van der Waals surface area contributed by atoms with Crippen molar-refractivity contribution in [2.75, 3.05) is 25.6 Å². The van der Waals surface area contributed by atoms with Gasteiger partial charge < -0.3 is 10.1 Å². The first-order valence-electron chi connectivity index (χ1n) is 6.74. The second-order valence-corrected chi connectivity index (χ2v) is 7.04. The molecule has 0 spiro atoms. The topological polar surface area (TPSA) is 84.7 Å². The lowest BCUT2D eigenvalue weighted by Crippen LogP contribution is -2.38. The molecule has 2 aromatic heterocycles. The molecule has 0 radical (unpaired) electrons. The number of imidazole rings is 1. The molecule has 0 saturated heterocycles. The van der Waals surface area contributed by atoms with Crippen LogP contribution in [0.3, 0.4) is 0 Å². The first-order valence-corrected chi connectivity index (χ1v) is 9.10. The van der Waals surface area contributed by atoms with E-state index in [-0.39, 0.29) is 11.1 Å². The molecule has 2 heterocycles. The molecule has 0 aliphatic carbocycles. The third-order valence-corrected chi connectivity index (χ3v) is 5.30. The molecule has 0 aliphatic rings. The van der Waals surface area contributed by atoms with Crippen LogP contribution in [0.1, 0.15) is 20.3 Å². The monoisotopic (exact) mass is 332 g/mol. The van der Waals surface area contributed by atoms with Crippen LogP contribution in [0.15, 0.2) is 16.6 Å². The zero-order valence-corrected chi connectivity index (χ0v) is 13.9. The third kappa shape index (κ3) is 3.37. The predicted octanol–water partition coefficient (Wildman–Crippen LogP) is 1.53. The van der Waals surface area contributed by atoms with Crippen LogP contribution in [0.4, 0.5) is 5.82 Å². The fraction of sp³-hybridized carbons (Fsp3) is 0.583. The Morgan fingerprint density at radius 1 is 1.48 bits per heavy atom. The van der Waals surface area contributed by atoms with E-state index in [1.165, 1.54) is 11.3 Å². The third-order valence-electron chi connectivity index (χ3n) is 3.00. The molecule has 0 aromatic carbocycles. The van der Waals surface area contributed by atoms with Gasteiger partial charge >= 0.3 is 0 Å². The highest BCUT2D eigenvalue weighted by Gasteiger charge is 2.27. The highest BCUT2D eigenvalue weighted by molar-refractivity contribution is 7.89. The van der Waals surface area contributed by atoms with E-state index in [9.17, 15) is 8.42 Å². The molecule has 0 amide bonds. The first-order chi connectivity index (χ1) is 10.0. The molecule has 1 unspecified atom stereocenters. The number of hydrogen-bond donors (Lipinski definition) is 2. The smallest absolute Gasteiger partial charge is 0.260 e. The lowest BCUT2D eigenvalue weighted by molar-refractivity contribution is 0.173. The SMILES string of the molecule is CCNc1nc2sccn2c1S(=O)(=O)NC(CC)COC. The fourth-order valence-electron chi connectivity index (χ4n) is 2.02. The van der Waals surface area contributed by atoms with Crippen LogP contribution in [0, 0.1) is 0 Å². The Morgan fingerprint density at radius 2 is 2.24 bits per heavy atom. The molecule has 21 heavy (non-hydrogen) atoms. The zero-order valence-electron chi connectivity index (χ0n) is 12.3. The van der Waals surface area contributed by atoms with E-state index in [0.717, 1.165) is 0 Å². The minimum absolute atomic E-state index is 0.148. The van der Waals surface area contributed by atoms with E-state index in [4.69, 9.17) is 4.74 Å². The number of hydrogen-bond acceptors (Lipinski definition) is 6. The number of nitrogens with zero attached hydrogens (tertiary/aromatic N) is 2. The zero-order chi connectivity index (χ0) is 15.5. The van der Waals surface area contributed by atoms with Crippen molar-refractivity contribution in [3.8, 4) is 0 Å². The maximum absolute atomic E-state index is 12.7. The molecular formula is C12H20N4O3S2. The van der Waals surface area contributed by atoms with Crippen molar-refractivity contribution in [2.24, 2.45) is 0 Å². The average Bonchev–Trinajstić information content (AvgIpc) is 2.98. The summed E-state index contributed by atoms with van der Waals surface area (Å²) in [4.78, 5) is 4.97. The number of ether oxygens (including phenoxy) is 1. The van der Waals surface area contributed by atoms with Crippen LogP contribution in [-0.4, -0.2) is 44.1 Å². The van der Waals surface area contributed by atoms with Crippen LogP contribution in [0.2, 0.25) is 0 Å². The van der Waals surface area contributed by atoms with E-state index in [1.807, 2.05) is 19.2 Å². The Kier molecular flexibility index (Phi) is 5.20. The molecule has 0 fully saturated rings. The van der Waals surface area contributed by atoms with Crippen LogP contribution < -0.4 is 10.0 Å². The van der Waals surface area contributed by atoms with E-state index >= 15 is 0 Å². The van der Waals surface area contributed by atoms with E-state index in [2.05, 4.69) is 15.0 Å². The van der Waals surface area contributed by atoms with Gasteiger partial charge in [-0.1, -0.05) is 6.92 Å². The van der Waals surface area contributed by atoms with Crippen molar-refractivity contribution < 1.29 is 13.2 Å². The minimum Gasteiger partial charge on any atom is -0.383 e. The first kappa shape index (κ1) is 16.2. The van der Waals surface area contributed by atoms with E-state index in [1.54, 1.807) is 17.7 Å². The summed E-state index contributed by atoms with van der Waals surface area (Å²) in [7, 11) is -2.13. The fourth-order valence-corrected chi connectivity index (χ4v) is 4.35. The normalized spacial score (nSPS) is 13.7. The summed E-state index contributed by atoms with van der Waals surface area (Å²) in [6.07, 6.45) is 2.36. The minimum atomic E-state index is -3.69. The van der Waals surface area contributed by atoms with Crippen molar-refractivity contribution in [2.45, 2.75) is 31.3 Å². The van der Waals surface area contributed by atoms with Gasteiger partial charge in [0.2, 0.25) is 0 Å². The largest absolute Gasteiger partial charge is 0.383 e. The molecule has 0 saturated carbocycles. The van der Waals surface area contributed by atoms with Gasteiger partial charge in [0.1, 0.15) is 0 Å². The molecule has 118 valence electrons. The number of thiazole rings is 1. The highest BCUT2D eigenvalue weighted by atomic mass is 32.2. The molecule has 9 heteroatoms. The summed E-state index contributed by atoms with van der Waals surface area (Å²) in [6.45, 7) is 4.74. The standard InChI is InChI=1S/C12H20N4O3S2/c1-4-9(8-19-3)15-21(17,18)11-10(13-5-2)14-12-16(11)6-7-20-12/h6-7,9,13,15H,4-5,8H2,1-3H3. The summed E-state index contributed by atoms with van der Waals surface area (Å²) >= 11 is 1.39. The second-order valence-electron chi connectivity index (χ2n) is 4.53. The summed E-state index contributed by atoms with van der Waals surface area (Å²) in [5.74, 6) is 0.379. The lowest BCUT2D eigenvalue weighted by Gasteiger charge is -2.16. The summed E-state index contributed by atoms with van der Waals surface area (Å²) < 4.78 is 34.7. The van der Waals surface area contributed by atoms with Gasteiger partial charge in [-0.2, -0.15) is 0 Å². The molecule has 1 atom stereocenters. The van der Waals surface area contributed by atoms with Crippen molar-refractivity contribution in [1.29, 1.82) is 0 Å². The summed E-state index contributed by atoms with van der Waals surface area (Å²) in [6, 6.07) is -0.265. The Hall–Kier alpha value is -1.16. The van der Waals surface area contributed by atoms with Gasteiger partial charge in [-0.25, -0.2) is 18.1 Å². The Morgan fingerprint density at radius 3 is 2.86 bits per heavy atom. The number of fused-ring (bicyclic) bond motifs is 1. The molecule has 0 bridgehead atoms. The van der Waals surface area contributed by atoms with Crippen LogP contribution in [0.5, 0.6) is 0 Å². The second kappa shape index (κ2) is 6.73. The van der Waals surface area contributed by atoms with Crippen LogP contribution in [0.25, 0.3) is 4.96 Å². The molecule has 7 nitrogen and oxygen atoms in total. The predicted molar refractivity (Wildman–Crippen MR) is 83.5 cm³/mol. The van der Waals surface area contributed by atoms with E-state index < -0.39 is 10.0 Å². The summed E-state index contributed by atoms with van der Waals surface area (Å²) in [5.41, 5.74) is 0. The lowest BCUT2D eigenvalue weighted by atomic mass is 10.3. The molecule has 0 aliphatic heterocycles. The van der Waals surface area contributed by atoms with Crippen molar-refractivity contribution in [3.63, 3.8) is 0 Å². The Labute approximate surface area is 128 Å². The number of methoxy groups -OCH3 is 1. The van der Waals surface area contributed by atoms with Gasteiger partial charge in [0.05, 0.1) is 6.61 Å². The quantitative estimate of drug-likeness (QED) is 0.766. The van der Waals surface area contributed by atoms with Crippen molar-refractivity contribution in [1.82, 2.24) is 14.1 Å². The van der Waals surface area contributed by atoms with E-state index in [0.29, 0.717) is 30.4 Å². The van der Waals surface area contributed by atoms with Gasteiger partial charge in [0.15, 0.2) is 15.8 Å². The number of aromatic nitrogens is 2. The number of sulfonamides is 1. The van der Waals surface area contributed by atoms with Crippen LogP contribution >= 0.6 is 11.3 Å². The van der Waals surface area contributed by atoms with Gasteiger partial charge in [-0.15, -0.1) is 11.3 Å². The molecular weight excluding hydrogens is 312 g/mol. The Balaban J connectivity index is 2.42. The maximum atomic E-state index is 12.7. The van der Waals surface area contributed by atoms with Crippen molar-refractivity contribution in [3.05, 3.63) is 11.6 Å². The molecule has 2 aromatic rings. The molecule has 2 rings (SSSR count). The van der Waals surface area contributed by atoms with Gasteiger partial charge in [-0.3, -0.25) is 4.40 Å². The van der Waals surface area contributed by atoms with Gasteiger partial charge in [0, 0.05) is 31.3 Å².